The lowest BCUT2D eigenvalue weighted by Crippen LogP contribution is -2.31. The van der Waals surface area contributed by atoms with Gasteiger partial charge < -0.3 is 15.4 Å². The first-order valence-electron chi connectivity index (χ1n) is 9.45. The Morgan fingerprint density at radius 2 is 1.63 bits per heavy atom. The molecule has 6 nitrogen and oxygen atoms in total. The number of nitrogens with one attached hydrogen (secondary N) is 2. The molecule has 0 bridgehead atoms. The second-order valence-electron chi connectivity index (χ2n) is 6.60. The van der Waals surface area contributed by atoms with E-state index in [9.17, 15) is 9.59 Å². The third kappa shape index (κ3) is 5.46. The number of nitrogens with zero attached hydrogens (tertiary/aromatic N) is 1. The highest BCUT2D eigenvalue weighted by atomic mass is 16.5. The van der Waals surface area contributed by atoms with Crippen LogP contribution in [-0.2, 0) is 11.3 Å². The number of carbonyl (C=O) groups excluding carboxylic acids is 2. The third-order valence-electron chi connectivity index (χ3n) is 4.39. The van der Waals surface area contributed by atoms with Crippen LogP contribution in [0, 0.1) is 11.3 Å². The number of carbonyl (C=O) groups is 2. The summed E-state index contributed by atoms with van der Waals surface area (Å²) in [5.74, 6) is -0.191. The molecule has 6 heteroatoms. The standard InChI is InChI=1S/C24H21N3O3/c1-17(30-20-13-11-18(15-25)12-14-20)23(28)27-22-10-6-5-9-21(22)24(29)26-16-19-7-3-2-4-8-19/h2-14,17H,16H2,1H3,(H,26,29)(H,27,28). The van der Waals surface area contributed by atoms with Gasteiger partial charge >= 0.3 is 0 Å². The Kier molecular flexibility index (Phi) is 6.80. The summed E-state index contributed by atoms with van der Waals surface area (Å²) in [6.45, 7) is 2.01. The highest BCUT2D eigenvalue weighted by Gasteiger charge is 2.18. The average Bonchev–Trinajstić information content (AvgIpc) is 2.79. The molecule has 3 aromatic carbocycles. The van der Waals surface area contributed by atoms with Gasteiger partial charge in [0.2, 0.25) is 0 Å². The van der Waals surface area contributed by atoms with Gasteiger partial charge in [0.25, 0.3) is 11.8 Å². The largest absolute Gasteiger partial charge is 0.481 e. The molecule has 0 aromatic heterocycles. The summed E-state index contributed by atoms with van der Waals surface area (Å²) in [4.78, 5) is 25.2. The molecule has 2 N–H and O–H groups in total. The van der Waals surface area contributed by atoms with Gasteiger partial charge in [-0.05, 0) is 48.9 Å². The Bertz CT molecular complexity index is 1060. The molecule has 0 aliphatic heterocycles. The van der Waals surface area contributed by atoms with Crippen LogP contribution in [0.25, 0.3) is 0 Å². The van der Waals surface area contributed by atoms with Crippen molar-refractivity contribution in [3.8, 4) is 11.8 Å². The first kappa shape index (κ1) is 20.6. The molecule has 3 rings (SSSR count). The maximum Gasteiger partial charge on any atom is 0.265 e. The highest BCUT2D eigenvalue weighted by molar-refractivity contribution is 6.04. The lowest BCUT2D eigenvalue weighted by molar-refractivity contribution is -0.122. The van der Waals surface area contributed by atoms with Gasteiger partial charge in [0, 0.05) is 6.54 Å². The fourth-order valence-electron chi connectivity index (χ4n) is 2.76. The lowest BCUT2D eigenvalue weighted by atomic mass is 10.1. The van der Waals surface area contributed by atoms with Crippen molar-refractivity contribution in [2.24, 2.45) is 0 Å². The van der Waals surface area contributed by atoms with Gasteiger partial charge in [-0.3, -0.25) is 9.59 Å². The number of anilines is 1. The second-order valence-corrected chi connectivity index (χ2v) is 6.60. The minimum Gasteiger partial charge on any atom is -0.481 e. The van der Waals surface area contributed by atoms with Crippen LogP contribution in [0.5, 0.6) is 5.75 Å². The van der Waals surface area contributed by atoms with Crippen LogP contribution >= 0.6 is 0 Å². The molecular formula is C24H21N3O3. The van der Waals surface area contributed by atoms with Gasteiger partial charge in [0.05, 0.1) is 22.9 Å². The topological polar surface area (TPSA) is 91.2 Å². The van der Waals surface area contributed by atoms with Crippen molar-refractivity contribution in [3.63, 3.8) is 0 Å². The number of ether oxygens (including phenoxy) is 1. The number of hydrogen-bond donors (Lipinski definition) is 2. The van der Waals surface area contributed by atoms with Gasteiger partial charge in [0.1, 0.15) is 5.75 Å². The fraction of sp³-hybridized carbons (Fsp3) is 0.125. The summed E-state index contributed by atoms with van der Waals surface area (Å²) in [6, 6.07) is 24.9. The number of para-hydroxylation sites is 1. The Hall–Kier alpha value is -4.11. The van der Waals surface area contributed by atoms with Crippen LogP contribution < -0.4 is 15.4 Å². The summed E-state index contributed by atoms with van der Waals surface area (Å²) in [7, 11) is 0. The Morgan fingerprint density at radius 1 is 0.967 bits per heavy atom. The van der Waals surface area contributed by atoms with Crippen molar-refractivity contribution in [2.45, 2.75) is 19.6 Å². The molecule has 0 spiro atoms. The monoisotopic (exact) mass is 399 g/mol. The van der Waals surface area contributed by atoms with Crippen molar-refractivity contribution >= 4 is 17.5 Å². The smallest absolute Gasteiger partial charge is 0.265 e. The summed E-state index contributed by atoms with van der Waals surface area (Å²) in [5, 5.41) is 14.5. The van der Waals surface area contributed by atoms with E-state index in [1.165, 1.54) is 0 Å². The molecule has 0 heterocycles. The van der Waals surface area contributed by atoms with Gasteiger partial charge in [-0.2, -0.15) is 5.26 Å². The van der Waals surface area contributed by atoms with E-state index in [0.717, 1.165) is 5.56 Å². The van der Waals surface area contributed by atoms with Gasteiger partial charge in [0.15, 0.2) is 6.10 Å². The summed E-state index contributed by atoms with van der Waals surface area (Å²) >= 11 is 0. The van der Waals surface area contributed by atoms with E-state index < -0.39 is 6.10 Å². The Morgan fingerprint density at radius 3 is 2.33 bits per heavy atom. The van der Waals surface area contributed by atoms with E-state index in [1.54, 1.807) is 55.5 Å². The summed E-state index contributed by atoms with van der Waals surface area (Å²) < 4.78 is 5.63. The van der Waals surface area contributed by atoms with E-state index >= 15 is 0 Å². The Labute approximate surface area is 175 Å². The molecule has 1 unspecified atom stereocenters. The average molecular weight is 399 g/mol. The van der Waals surface area contributed by atoms with Crippen molar-refractivity contribution < 1.29 is 14.3 Å². The minimum absolute atomic E-state index is 0.282. The van der Waals surface area contributed by atoms with Gasteiger partial charge in [-0.25, -0.2) is 0 Å². The zero-order valence-corrected chi connectivity index (χ0v) is 16.5. The Balaban J connectivity index is 1.63. The molecule has 0 fully saturated rings. The van der Waals surface area contributed by atoms with E-state index in [1.807, 2.05) is 36.4 Å². The summed E-state index contributed by atoms with van der Waals surface area (Å²) in [5.41, 5.74) is 2.27. The van der Waals surface area contributed by atoms with Crippen LogP contribution in [0.3, 0.4) is 0 Å². The number of rotatable bonds is 7. The van der Waals surface area contributed by atoms with Crippen molar-refractivity contribution in [1.29, 1.82) is 5.26 Å². The van der Waals surface area contributed by atoms with Crippen molar-refractivity contribution in [2.75, 3.05) is 5.32 Å². The predicted molar refractivity (Wildman–Crippen MR) is 114 cm³/mol. The van der Waals surface area contributed by atoms with Gasteiger partial charge in [-0.1, -0.05) is 42.5 Å². The van der Waals surface area contributed by atoms with Crippen LogP contribution in [-0.4, -0.2) is 17.9 Å². The van der Waals surface area contributed by atoms with Crippen LogP contribution in [0.15, 0.2) is 78.9 Å². The fourth-order valence-corrected chi connectivity index (χ4v) is 2.76. The molecule has 3 aromatic rings. The molecule has 1 atom stereocenters. The zero-order valence-electron chi connectivity index (χ0n) is 16.5. The maximum atomic E-state index is 12.6. The predicted octanol–water partition coefficient (Wildman–Crippen LogP) is 3.89. The normalized spacial score (nSPS) is 11.1. The molecule has 0 radical (unpaired) electrons. The van der Waals surface area contributed by atoms with E-state index in [4.69, 9.17) is 10.00 Å². The molecule has 150 valence electrons. The van der Waals surface area contributed by atoms with Crippen LogP contribution in [0.4, 0.5) is 5.69 Å². The van der Waals surface area contributed by atoms with Crippen LogP contribution in [0.2, 0.25) is 0 Å². The summed E-state index contributed by atoms with van der Waals surface area (Å²) in [6.07, 6.45) is -0.793. The molecule has 0 saturated heterocycles. The molecule has 0 aliphatic rings. The molecule has 0 aliphatic carbocycles. The number of nitriles is 1. The second kappa shape index (κ2) is 9.89. The van der Waals surface area contributed by atoms with E-state index in [-0.39, 0.29) is 11.8 Å². The molecular weight excluding hydrogens is 378 g/mol. The first-order chi connectivity index (χ1) is 14.6. The number of hydrogen-bond acceptors (Lipinski definition) is 4. The van der Waals surface area contributed by atoms with E-state index in [2.05, 4.69) is 10.6 Å². The van der Waals surface area contributed by atoms with Crippen molar-refractivity contribution in [1.82, 2.24) is 5.32 Å². The SMILES string of the molecule is CC(Oc1ccc(C#N)cc1)C(=O)Nc1ccccc1C(=O)NCc1ccccc1. The first-order valence-corrected chi connectivity index (χ1v) is 9.45. The van der Waals surface area contributed by atoms with Crippen molar-refractivity contribution in [3.05, 3.63) is 95.6 Å². The molecule has 2 amide bonds. The molecule has 0 saturated carbocycles. The minimum atomic E-state index is -0.793. The lowest BCUT2D eigenvalue weighted by Gasteiger charge is -2.16. The maximum absolute atomic E-state index is 12.6. The highest BCUT2D eigenvalue weighted by Crippen LogP contribution is 2.18. The van der Waals surface area contributed by atoms with E-state index in [0.29, 0.717) is 29.1 Å². The number of amides is 2. The molecule has 30 heavy (non-hydrogen) atoms. The van der Waals surface area contributed by atoms with Crippen LogP contribution in [0.1, 0.15) is 28.4 Å². The quantitative estimate of drug-likeness (QED) is 0.630. The third-order valence-corrected chi connectivity index (χ3v) is 4.39. The van der Waals surface area contributed by atoms with Gasteiger partial charge in [-0.15, -0.1) is 0 Å². The number of benzene rings is 3. The zero-order chi connectivity index (χ0) is 21.3.